The minimum absolute atomic E-state index is 0.329. The summed E-state index contributed by atoms with van der Waals surface area (Å²) >= 11 is 1.81. The molecule has 1 N–H and O–H groups in total. The molecule has 0 radical (unpaired) electrons. The molecule has 1 atom stereocenters. The highest BCUT2D eigenvalue weighted by atomic mass is 32.1. The van der Waals surface area contributed by atoms with Crippen LogP contribution in [0.4, 0.5) is 0 Å². The zero-order chi connectivity index (χ0) is 9.84. The normalized spacial score (nSPS) is 12.8. The lowest BCUT2D eigenvalue weighted by molar-refractivity contribution is 0.685. The van der Waals surface area contributed by atoms with Gasteiger partial charge in [-0.25, -0.2) is 0 Å². The summed E-state index contributed by atoms with van der Waals surface area (Å²) in [6, 6.07) is 2.53. The Morgan fingerprint density at radius 3 is 2.85 bits per heavy atom. The van der Waals surface area contributed by atoms with Crippen LogP contribution >= 0.6 is 11.3 Å². The van der Waals surface area contributed by atoms with E-state index in [1.165, 1.54) is 16.0 Å². The van der Waals surface area contributed by atoms with Crippen molar-refractivity contribution in [3.05, 3.63) is 34.0 Å². The SMILES string of the molecule is C=C(C)C(NC)c1sccc1CC. The van der Waals surface area contributed by atoms with E-state index in [0.29, 0.717) is 6.04 Å². The van der Waals surface area contributed by atoms with Gasteiger partial charge in [-0.05, 0) is 37.4 Å². The Morgan fingerprint density at radius 1 is 1.69 bits per heavy atom. The van der Waals surface area contributed by atoms with Gasteiger partial charge in [0, 0.05) is 4.88 Å². The molecule has 0 aromatic carbocycles. The van der Waals surface area contributed by atoms with Crippen molar-refractivity contribution in [2.75, 3.05) is 7.05 Å². The van der Waals surface area contributed by atoms with E-state index < -0.39 is 0 Å². The molecule has 1 rings (SSSR count). The maximum atomic E-state index is 4.00. The molecule has 72 valence electrons. The van der Waals surface area contributed by atoms with Crippen LogP contribution in [0.3, 0.4) is 0 Å². The average molecular weight is 195 g/mol. The van der Waals surface area contributed by atoms with Crippen LogP contribution < -0.4 is 5.32 Å². The second-order valence-electron chi connectivity index (χ2n) is 3.23. The van der Waals surface area contributed by atoms with Gasteiger partial charge in [0.15, 0.2) is 0 Å². The molecule has 1 heterocycles. The summed E-state index contributed by atoms with van der Waals surface area (Å²) in [7, 11) is 1.98. The predicted octanol–water partition coefficient (Wildman–Crippen LogP) is 3.15. The maximum absolute atomic E-state index is 4.00. The monoisotopic (exact) mass is 195 g/mol. The van der Waals surface area contributed by atoms with Crippen molar-refractivity contribution in [2.45, 2.75) is 26.3 Å². The summed E-state index contributed by atoms with van der Waals surface area (Å²) in [5, 5.41) is 5.44. The van der Waals surface area contributed by atoms with Gasteiger partial charge in [0.2, 0.25) is 0 Å². The molecule has 0 aliphatic carbocycles. The van der Waals surface area contributed by atoms with E-state index >= 15 is 0 Å². The van der Waals surface area contributed by atoms with E-state index in [1.807, 2.05) is 18.4 Å². The number of rotatable bonds is 4. The Kier molecular flexibility index (Phi) is 3.70. The van der Waals surface area contributed by atoms with Crippen molar-refractivity contribution in [3.8, 4) is 0 Å². The van der Waals surface area contributed by atoms with Gasteiger partial charge < -0.3 is 5.32 Å². The highest BCUT2D eigenvalue weighted by Gasteiger charge is 2.14. The van der Waals surface area contributed by atoms with Gasteiger partial charge in [0.05, 0.1) is 6.04 Å². The lowest BCUT2D eigenvalue weighted by Crippen LogP contribution is -2.16. The number of thiophene rings is 1. The van der Waals surface area contributed by atoms with Gasteiger partial charge in [0.1, 0.15) is 0 Å². The molecule has 0 saturated heterocycles. The van der Waals surface area contributed by atoms with E-state index in [2.05, 4.69) is 37.2 Å². The van der Waals surface area contributed by atoms with Gasteiger partial charge in [-0.1, -0.05) is 19.1 Å². The van der Waals surface area contributed by atoms with Crippen LogP contribution in [-0.4, -0.2) is 7.05 Å². The van der Waals surface area contributed by atoms with E-state index in [9.17, 15) is 0 Å². The molecule has 0 fully saturated rings. The van der Waals surface area contributed by atoms with Gasteiger partial charge in [0.25, 0.3) is 0 Å². The number of nitrogens with one attached hydrogen (secondary N) is 1. The Bertz CT molecular complexity index is 288. The third kappa shape index (κ3) is 2.20. The molecule has 2 heteroatoms. The molecule has 0 saturated carbocycles. The summed E-state index contributed by atoms with van der Waals surface area (Å²) in [6.45, 7) is 8.26. The van der Waals surface area contributed by atoms with E-state index in [0.717, 1.165) is 6.42 Å². The van der Waals surface area contributed by atoms with Gasteiger partial charge >= 0.3 is 0 Å². The lowest BCUT2D eigenvalue weighted by Gasteiger charge is -2.16. The zero-order valence-corrected chi connectivity index (χ0v) is 9.37. The number of hydrogen-bond acceptors (Lipinski definition) is 2. The molecular weight excluding hydrogens is 178 g/mol. The summed E-state index contributed by atoms with van der Waals surface area (Å²) in [6.07, 6.45) is 1.10. The van der Waals surface area contributed by atoms with Crippen molar-refractivity contribution in [3.63, 3.8) is 0 Å². The Hall–Kier alpha value is -0.600. The minimum Gasteiger partial charge on any atom is -0.309 e. The molecule has 0 amide bonds. The van der Waals surface area contributed by atoms with E-state index in [1.54, 1.807) is 0 Å². The molecule has 13 heavy (non-hydrogen) atoms. The predicted molar refractivity (Wildman–Crippen MR) is 60.3 cm³/mol. The first kappa shape index (κ1) is 10.5. The lowest BCUT2D eigenvalue weighted by atomic mass is 10.0. The first-order valence-corrected chi connectivity index (χ1v) is 5.47. The second kappa shape index (κ2) is 4.58. The molecule has 0 spiro atoms. The van der Waals surface area contributed by atoms with Crippen LogP contribution in [-0.2, 0) is 6.42 Å². The van der Waals surface area contributed by atoms with Crippen molar-refractivity contribution in [1.82, 2.24) is 5.32 Å². The fraction of sp³-hybridized carbons (Fsp3) is 0.455. The molecule has 1 unspecified atom stereocenters. The van der Waals surface area contributed by atoms with E-state index in [-0.39, 0.29) is 0 Å². The third-order valence-corrected chi connectivity index (χ3v) is 3.23. The smallest absolute Gasteiger partial charge is 0.0625 e. The second-order valence-corrected chi connectivity index (χ2v) is 4.18. The Balaban J connectivity index is 2.96. The first-order chi connectivity index (χ1) is 6.20. The summed E-state index contributed by atoms with van der Waals surface area (Å²) in [5.41, 5.74) is 2.62. The summed E-state index contributed by atoms with van der Waals surface area (Å²) in [4.78, 5) is 1.41. The highest BCUT2D eigenvalue weighted by Crippen LogP contribution is 2.28. The Morgan fingerprint density at radius 2 is 2.38 bits per heavy atom. The molecule has 0 aliphatic rings. The largest absolute Gasteiger partial charge is 0.309 e. The van der Waals surface area contributed by atoms with Gasteiger partial charge in [-0.2, -0.15) is 0 Å². The maximum Gasteiger partial charge on any atom is 0.0625 e. The van der Waals surface area contributed by atoms with Gasteiger partial charge in [-0.3, -0.25) is 0 Å². The summed E-state index contributed by atoms with van der Waals surface area (Å²) in [5.74, 6) is 0. The quantitative estimate of drug-likeness (QED) is 0.728. The highest BCUT2D eigenvalue weighted by molar-refractivity contribution is 7.10. The fourth-order valence-corrected chi connectivity index (χ4v) is 2.69. The topological polar surface area (TPSA) is 12.0 Å². The zero-order valence-electron chi connectivity index (χ0n) is 8.55. The first-order valence-electron chi connectivity index (χ1n) is 4.59. The standard InChI is InChI=1S/C11H17NS/c1-5-9-6-7-13-11(9)10(12-4)8(2)3/h6-7,10,12H,2,5H2,1,3-4H3. The van der Waals surface area contributed by atoms with Crippen molar-refractivity contribution >= 4 is 11.3 Å². The molecule has 0 aliphatic heterocycles. The van der Waals surface area contributed by atoms with Crippen LogP contribution in [0.15, 0.2) is 23.6 Å². The Labute approximate surface area is 84.5 Å². The molecular formula is C11H17NS. The molecule has 1 nitrogen and oxygen atoms in total. The minimum atomic E-state index is 0.329. The molecule has 0 bridgehead atoms. The summed E-state index contributed by atoms with van der Waals surface area (Å²) < 4.78 is 0. The fourth-order valence-electron chi connectivity index (χ4n) is 1.49. The average Bonchev–Trinajstić information content (AvgIpc) is 2.53. The van der Waals surface area contributed by atoms with Crippen LogP contribution in [0.2, 0.25) is 0 Å². The number of hydrogen-bond donors (Lipinski definition) is 1. The van der Waals surface area contributed by atoms with Crippen molar-refractivity contribution in [1.29, 1.82) is 0 Å². The molecule has 1 aromatic heterocycles. The van der Waals surface area contributed by atoms with E-state index in [4.69, 9.17) is 0 Å². The van der Waals surface area contributed by atoms with Crippen LogP contribution in [0.5, 0.6) is 0 Å². The number of aryl methyl sites for hydroxylation is 1. The van der Waals surface area contributed by atoms with Crippen LogP contribution in [0, 0.1) is 0 Å². The van der Waals surface area contributed by atoms with Gasteiger partial charge in [-0.15, -0.1) is 11.3 Å². The van der Waals surface area contributed by atoms with Crippen LogP contribution in [0.25, 0.3) is 0 Å². The molecule has 1 aromatic rings. The van der Waals surface area contributed by atoms with Crippen LogP contribution in [0.1, 0.15) is 30.3 Å². The number of likely N-dealkylation sites (N-methyl/N-ethyl adjacent to an activating group) is 1. The third-order valence-electron chi connectivity index (χ3n) is 2.21. The van der Waals surface area contributed by atoms with Crippen molar-refractivity contribution in [2.24, 2.45) is 0 Å². The van der Waals surface area contributed by atoms with Crippen molar-refractivity contribution < 1.29 is 0 Å².